The summed E-state index contributed by atoms with van der Waals surface area (Å²) in [4.78, 5) is 50.8. The van der Waals surface area contributed by atoms with Gasteiger partial charge >= 0.3 is 6.09 Å². The summed E-state index contributed by atoms with van der Waals surface area (Å²) < 4.78 is 27.3. The van der Waals surface area contributed by atoms with Crippen LogP contribution in [0.2, 0.25) is 0 Å². The van der Waals surface area contributed by atoms with Gasteiger partial charge in [-0.3, -0.25) is 14.4 Å². The summed E-state index contributed by atoms with van der Waals surface area (Å²) >= 11 is 0. The van der Waals surface area contributed by atoms with E-state index in [2.05, 4.69) is 5.32 Å². The van der Waals surface area contributed by atoms with E-state index in [1.807, 2.05) is 6.92 Å². The van der Waals surface area contributed by atoms with Gasteiger partial charge in [0.25, 0.3) is 5.91 Å². The van der Waals surface area contributed by atoms with Crippen molar-refractivity contribution in [1.29, 1.82) is 0 Å². The first kappa shape index (κ1) is 31.1. The van der Waals surface area contributed by atoms with Crippen LogP contribution in [-0.4, -0.2) is 80.5 Å². The molecule has 12 heteroatoms. The van der Waals surface area contributed by atoms with Crippen LogP contribution in [0.3, 0.4) is 0 Å². The number of carbonyl (C=O) groups is 4. The van der Waals surface area contributed by atoms with Gasteiger partial charge in [0.1, 0.15) is 18.0 Å². The summed E-state index contributed by atoms with van der Waals surface area (Å²) in [7, 11) is 4.22. The Kier molecular flexibility index (Phi) is 10.3. The van der Waals surface area contributed by atoms with Crippen LogP contribution in [0.5, 0.6) is 0 Å². The average molecular weight is 563 g/mol. The van der Waals surface area contributed by atoms with Crippen molar-refractivity contribution in [3.8, 4) is 0 Å². The molecule has 3 aliphatic rings. The lowest BCUT2D eigenvalue weighted by molar-refractivity contribution is -0.121. The first-order valence-electron chi connectivity index (χ1n) is 13.1. The number of ketones is 2. The molecule has 7 atom stereocenters. The quantitative estimate of drug-likeness (QED) is 0.259. The van der Waals surface area contributed by atoms with Gasteiger partial charge in [-0.1, -0.05) is 19.9 Å². The highest BCUT2D eigenvalue weighted by molar-refractivity contribution is 6.23. The molecule has 1 fully saturated rings. The second kappa shape index (κ2) is 13.2. The fourth-order valence-electron chi connectivity index (χ4n) is 5.00. The molecule has 12 nitrogen and oxygen atoms in total. The number of carbonyl (C=O) groups excluding carboxylic acids is 4. The predicted molar refractivity (Wildman–Crippen MR) is 141 cm³/mol. The molecule has 3 rings (SSSR count). The number of fused-ring (bicyclic) bond motifs is 3. The maximum Gasteiger partial charge on any atom is 0.405 e. The van der Waals surface area contributed by atoms with Crippen LogP contribution >= 0.6 is 0 Å². The van der Waals surface area contributed by atoms with Crippen molar-refractivity contribution in [2.24, 2.45) is 17.6 Å². The van der Waals surface area contributed by atoms with Crippen LogP contribution in [0.25, 0.3) is 0 Å². The van der Waals surface area contributed by atoms with E-state index in [9.17, 15) is 24.3 Å². The largest absolute Gasteiger partial charge is 0.492 e. The smallest absolute Gasteiger partial charge is 0.405 e. The highest BCUT2D eigenvalue weighted by atomic mass is 16.6. The number of rotatable bonds is 4. The van der Waals surface area contributed by atoms with Gasteiger partial charge in [-0.05, 0) is 31.8 Å². The number of primary amides is 1. The number of aliphatic hydroxyl groups excluding tert-OH is 1. The number of Topliss-reactive ketones (excluding diaryl/α,β-unsaturated/α-hetero) is 1. The predicted octanol–water partition coefficient (Wildman–Crippen LogP) is 1.58. The number of amides is 2. The molecular weight excluding hydrogens is 524 g/mol. The van der Waals surface area contributed by atoms with Crippen molar-refractivity contribution < 1.29 is 48.0 Å². The third-order valence-corrected chi connectivity index (χ3v) is 7.34. The minimum atomic E-state index is -1.00. The molecule has 0 radical (unpaired) electrons. The lowest BCUT2D eigenvalue weighted by atomic mass is 9.86. The monoisotopic (exact) mass is 562 g/mol. The molecular formula is C28H38N2O10. The molecule has 1 saturated heterocycles. The molecule has 0 aromatic heterocycles. The first-order chi connectivity index (χ1) is 18.9. The van der Waals surface area contributed by atoms with Gasteiger partial charge < -0.3 is 39.8 Å². The number of aliphatic hydroxyl groups is 1. The Morgan fingerprint density at radius 2 is 1.75 bits per heavy atom. The molecule has 1 aliphatic carbocycles. The van der Waals surface area contributed by atoms with Gasteiger partial charge in [-0.15, -0.1) is 0 Å². The number of methoxy groups -OCH3 is 3. The zero-order valence-electron chi connectivity index (χ0n) is 23.6. The van der Waals surface area contributed by atoms with E-state index in [1.54, 1.807) is 19.1 Å². The number of nitrogens with two attached hydrogens (primary N) is 1. The summed E-state index contributed by atoms with van der Waals surface area (Å²) in [6.45, 7) is 5.17. The highest BCUT2D eigenvalue weighted by Gasteiger charge is 2.42. The number of epoxide rings is 1. The maximum absolute atomic E-state index is 13.4. The molecule has 2 heterocycles. The Morgan fingerprint density at radius 1 is 1.07 bits per heavy atom. The van der Waals surface area contributed by atoms with Crippen molar-refractivity contribution in [1.82, 2.24) is 5.32 Å². The first-order valence-corrected chi connectivity index (χ1v) is 13.1. The SMILES string of the molecule is COC1=C2C[C@@H](C)C[C@H](OC)[C@H](O)[C@@H](C)/C=C/[C@H](OC(N)=O)[C@@H](OC)CC3O/C3=C(\C)C(=O)NC(=CC1=O)C2=O. The lowest BCUT2D eigenvalue weighted by Crippen LogP contribution is -2.36. The van der Waals surface area contributed by atoms with Crippen molar-refractivity contribution in [2.45, 2.75) is 70.6 Å². The second-order valence-corrected chi connectivity index (χ2v) is 10.3. The van der Waals surface area contributed by atoms with Crippen molar-refractivity contribution in [3.63, 3.8) is 0 Å². The molecule has 40 heavy (non-hydrogen) atoms. The molecule has 0 aromatic carbocycles. The minimum absolute atomic E-state index is 0.0849. The average Bonchev–Trinajstić information content (AvgIpc) is 3.68. The Hall–Kier alpha value is -3.48. The molecule has 1 unspecified atom stereocenters. The number of allylic oxidation sites excluding steroid dienone is 2. The van der Waals surface area contributed by atoms with Crippen LogP contribution in [-0.2, 0) is 38.1 Å². The Labute approximate surface area is 233 Å². The lowest BCUT2D eigenvalue weighted by Gasteiger charge is -2.29. The molecule has 0 saturated carbocycles. The molecule has 0 spiro atoms. The van der Waals surface area contributed by atoms with Crippen LogP contribution in [0.15, 0.2) is 46.6 Å². The Bertz CT molecular complexity index is 1150. The summed E-state index contributed by atoms with van der Waals surface area (Å²) in [6.07, 6.45) is 0.343. The van der Waals surface area contributed by atoms with Crippen LogP contribution in [0.4, 0.5) is 4.79 Å². The summed E-state index contributed by atoms with van der Waals surface area (Å²) in [5, 5.41) is 13.6. The van der Waals surface area contributed by atoms with E-state index < -0.39 is 60.0 Å². The standard InChI is InChI=1S/C28H38N2O10/c1-13-9-16-24(33)17(11-18(31)26(16)38-6)30-27(34)15(3)25-22(39-25)12-20(36-4)19(40-28(29)35)8-7-14(2)23(32)21(10-13)37-5/h7-8,11,13-14,19-23,32H,9-10,12H2,1-6H3,(H2,29,35)(H,30,34)/b8-7+,25-15+/t13-,14+,19+,20+,21+,22?,23-/m1/s1. The molecule has 220 valence electrons. The van der Waals surface area contributed by atoms with Gasteiger partial charge in [0, 0.05) is 38.2 Å². The summed E-state index contributed by atoms with van der Waals surface area (Å²) in [6, 6.07) is 0. The topological polar surface area (TPSA) is 176 Å². The van der Waals surface area contributed by atoms with E-state index in [-0.39, 0.29) is 41.4 Å². The van der Waals surface area contributed by atoms with E-state index in [4.69, 9.17) is 29.4 Å². The minimum Gasteiger partial charge on any atom is -0.492 e. The van der Waals surface area contributed by atoms with Crippen LogP contribution < -0.4 is 11.1 Å². The fraction of sp³-hybridized carbons (Fsp3) is 0.571. The summed E-state index contributed by atoms with van der Waals surface area (Å²) in [5.74, 6) is -2.04. The zero-order valence-corrected chi connectivity index (χ0v) is 23.6. The maximum atomic E-state index is 13.4. The molecule has 2 aliphatic heterocycles. The number of ether oxygens (including phenoxy) is 5. The van der Waals surface area contributed by atoms with E-state index in [1.165, 1.54) is 28.3 Å². The molecule has 2 amide bonds. The normalized spacial score (nSPS) is 34.7. The third-order valence-electron chi connectivity index (χ3n) is 7.34. The van der Waals surface area contributed by atoms with Crippen molar-refractivity contribution >= 4 is 23.6 Å². The zero-order chi connectivity index (χ0) is 29.7. The van der Waals surface area contributed by atoms with Gasteiger partial charge in [-0.25, -0.2) is 4.79 Å². The van der Waals surface area contributed by atoms with Crippen LogP contribution in [0.1, 0.15) is 40.0 Å². The van der Waals surface area contributed by atoms with E-state index >= 15 is 0 Å². The van der Waals surface area contributed by atoms with E-state index in [0.717, 1.165) is 6.08 Å². The Morgan fingerprint density at radius 3 is 2.35 bits per heavy atom. The van der Waals surface area contributed by atoms with Gasteiger partial charge in [0.15, 0.2) is 11.9 Å². The fourth-order valence-corrected chi connectivity index (χ4v) is 5.00. The highest BCUT2D eigenvalue weighted by Crippen LogP contribution is 2.36. The number of hydrogen-bond donors (Lipinski definition) is 3. The molecule has 2 bridgehead atoms. The van der Waals surface area contributed by atoms with Crippen molar-refractivity contribution in [2.75, 3.05) is 21.3 Å². The summed E-state index contributed by atoms with van der Waals surface area (Å²) in [5.41, 5.74) is 5.48. The van der Waals surface area contributed by atoms with E-state index in [0.29, 0.717) is 12.2 Å². The number of nitrogens with one attached hydrogen (secondary N) is 1. The third kappa shape index (κ3) is 7.18. The molecule has 0 aromatic rings. The molecule has 4 N–H and O–H groups in total. The number of hydrogen-bond acceptors (Lipinski definition) is 10. The van der Waals surface area contributed by atoms with Gasteiger partial charge in [0.05, 0.1) is 30.6 Å². The van der Waals surface area contributed by atoms with Gasteiger partial charge in [-0.2, -0.15) is 0 Å². The van der Waals surface area contributed by atoms with Gasteiger partial charge in [0.2, 0.25) is 11.6 Å². The Balaban J connectivity index is 2.01. The van der Waals surface area contributed by atoms with Crippen molar-refractivity contribution in [3.05, 3.63) is 46.6 Å². The van der Waals surface area contributed by atoms with Crippen LogP contribution in [0, 0.1) is 11.8 Å². The second-order valence-electron chi connectivity index (χ2n) is 10.3.